The minimum absolute atomic E-state index is 0.193. The molecule has 1 aliphatic rings. The Hall–Kier alpha value is -1.79. The quantitative estimate of drug-likeness (QED) is 0.410. The predicted octanol–water partition coefficient (Wildman–Crippen LogP) is -0.253. The number of amides is 1. The average Bonchev–Trinajstić information content (AvgIpc) is 2.73. The number of carbonyl (C=O) groups is 1. The van der Waals surface area contributed by atoms with Gasteiger partial charge in [-0.15, -0.1) is 0 Å². The molecule has 1 aromatic carbocycles. The van der Waals surface area contributed by atoms with E-state index in [0.29, 0.717) is 17.1 Å². The Balaban J connectivity index is 2.24. The molecule has 6 nitrogen and oxygen atoms in total. The molecule has 0 radical (unpaired) electrons. The minimum atomic E-state index is -0.788. The Morgan fingerprint density at radius 1 is 1.44 bits per heavy atom. The van der Waals surface area contributed by atoms with Gasteiger partial charge in [0, 0.05) is 7.05 Å². The van der Waals surface area contributed by atoms with E-state index < -0.39 is 6.04 Å². The predicted molar refractivity (Wildman–Crippen MR) is 56.5 cm³/mol. The number of hydrazine groups is 1. The first-order valence-electron chi connectivity index (χ1n) is 4.77. The van der Waals surface area contributed by atoms with Crippen molar-refractivity contribution in [3.63, 3.8) is 0 Å². The number of nitrogens with zero attached hydrogens (tertiary/aromatic N) is 1. The molecule has 1 heterocycles. The van der Waals surface area contributed by atoms with Crippen molar-refractivity contribution in [2.45, 2.75) is 6.04 Å². The number of carbonyl (C=O) groups excluding carboxylic acids is 1. The van der Waals surface area contributed by atoms with Gasteiger partial charge >= 0.3 is 0 Å². The largest absolute Gasteiger partial charge is 0.454 e. The van der Waals surface area contributed by atoms with Crippen molar-refractivity contribution in [1.29, 1.82) is 0 Å². The van der Waals surface area contributed by atoms with Gasteiger partial charge in [-0.1, -0.05) is 6.07 Å². The maximum Gasteiger partial charge on any atom is 0.257 e. The molecule has 1 amide bonds. The first kappa shape index (κ1) is 10.7. The summed E-state index contributed by atoms with van der Waals surface area (Å²) in [5.74, 6) is 6.23. The first-order chi connectivity index (χ1) is 7.59. The number of benzene rings is 1. The van der Waals surface area contributed by atoms with E-state index in [0.717, 1.165) is 5.01 Å². The summed E-state index contributed by atoms with van der Waals surface area (Å²) in [5, 5.41) is 0.968. The van der Waals surface area contributed by atoms with Crippen LogP contribution in [-0.4, -0.2) is 24.8 Å². The van der Waals surface area contributed by atoms with E-state index in [9.17, 15) is 4.79 Å². The van der Waals surface area contributed by atoms with Crippen molar-refractivity contribution in [1.82, 2.24) is 5.01 Å². The van der Waals surface area contributed by atoms with Crippen LogP contribution in [-0.2, 0) is 4.79 Å². The van der Waals surface area contributed by atoms with E-state index in [4.69, 9.17) is 21.1 Å². The second kappa shape index (κ2) is 3.99. The molecule has 0 saturated heterocycles. The number of ether oxygens (including phenoxy) is 2. The normalized spacial score (nSPS) is 14.7. The lowest BCUT2D eigenvalue weighted by Crippen LogP contribution is -2.40. The number of likely N-dealkylation sites (N-methyl/N-ethyl adjacent to an activating group) is 1. The van der Waals surface area contributed by atoms with E-state index in [1.807, 2.05) is 0 Å². The zero-order valence-electron chi connectivity index (χ0n) is 8.84. The van der Waals surface area contributed by atoms with Crippen molar-refractivity contribution in [2.75, 3.05) is 13.8 Å². The maximum atomic E-state index is 11.5. The highest BCUT2D eigenvalue weighted by atomic mass is 16.7. The SMILES string of the molecule is CN(N)C(=O)C(N)c1ccc2c(c1)OCO2. The van der Waals surface area contributed by atoms with Gasteiger partial charge in [-0.25, -0.2) is 5.84 Å². The van der Waals surface area contributed by atoms with Crippen molar-refractivity contribution in [2.24, 2.45) is 11.6 Å². The van der Waals surface area contributed by atoms with Crippen molar-refractivity contribution < 1.29 is 14.3 Å². The Kier molecular flexibility index (Phi) is 2.67. The Morgan fingerprint density at radius 2 is 2.12 bits per heavy atom. The fourth-order valence-corrected chi connectivity index (χ4v) is 1.47. The second-order valence-corrected chi connectivity index (χ2v) is 3.54. The molecule has 6 heteroatoms. The van der Waals surface area contributed by atoms with Crippen LogP contribution in [0.15, 0.2) is 18.2 Å². The van der Waals surface area contributed by atoms with Crippen LogP contribution >= 0.6 is 0 Å². The van der Waals surface area contributed by atoms with Crippen LogP contribution in [0.5, 0.6) is 11.5 Å². The topological polar surface area (TPSA) is 90.8 Å². The lowest BCUT2D eigenvalue weighted by molar-refractivity contribution is -0.131. The number of hydrogen-bond acceptors (Lipinski definition) is 5. The highest BCUT2D eigenvalue weighted by molar-refractivity contribution is 5.82. The molecule has 86 valence electrons. The van der Waals surface area contributed by atoms with Crippen LogP contribution < -0.4 is 21.1 Å². The van der Waals surface area contributed by atoms with E-state index in [1.54, 1.807) is 18.2 Å². The van der Waals surface area contributed by atoms with Gasteiger partial charge in [0.15, 0.2) is 11.5 Å². The molecule has 1 aromatic rings. The maximum absolute atomic E-state index is 11.5. The van der Waals surface area contributed by atoms with Crippen LogP contribution in [0.3, 0.4) is 0 Å². The third kappa shape index (κ3) is 1.80. The molecule has 16 heavy (non-hydrogen) atoms. The molecule has 0 aromatic heterocycles. The summed E-state index contributed by atoms with van der Waals surface area (Å²) in [6, 6.07) is 4.35. The number of nitrogens with two attached hydrogens (primary N) is 2. The summed E-state index contributed by atoms with van der Waals surface area (Å²) in [7, 11) is 1.45. The van der Waals surface area contributed by atoms with Crippen LogP contribution in [0.2, 0.25) is 0 Å². The van der Waals surface area contributed by atoms with Crippen molar-refractivity contribution in [3.8, 4) is 11.5 Å². The van der Waals surface area contributed by atoms with Crippen LogP contribution in [0.4, 0.5) is 0 Å². The average molecular weight is 223 g/mol. The summed E-state index contributed by atoms with van der Waals surface area (Å²) < 4.78 is 10.4. The number of fused-ring (bicyclic) bond motifs is 1. The number of rotatable bonds is 2. The summed E-state index contributed by atoms with van der Waals surface area (Å²) in [6.45, 7) is 0.193. The molecule has 1 aliphatic heterocycles. The molecule has 0 spiro atoms. The van der Waals surface area contributed by atoms with Crippen molar-refractivity contribution in [3.05, 3.63) is 23.8 Å². The van der Waals surface area contributed by atoms with Gasteiger partial charge in [-0.3, -0.25) is 9.80 Å². The first-order valence-corrected chi connectivity index (χ1v) is 4.77. The van der Waals surface area contributed by atoms with Crippen molar-refractivity contribution >= 4 is 5.91 Å². The highest BCUT2D eigenvalue weighted by Crippen LogP contribution is 2.33. The molecule has 4 N–H and O–H groups in total. The summed E-state index contributed by atoms with van der Waals surface area (Å²) in [4.78, 5) is 11.5. The monoisotopic (exact) mass is 223 g/mol. The van der Waals surface area contributed by atoms with E-state index in [1.165, 1.54) is 7.05 Å². The second-order valence-electron chi connectivity index (χ2n) is 3.54. The standard InChI is InChI=1S/C10H13N3O3/c1-13(12)10(14)9(11)6-2-3-7-8(4-6)16-5-15-7/h2-4,9H,5,11-12H2,1H3. The molecule has 2 rings (SSSR count). The lowest BCUT2D eigenvalue weighted by atomic mass is 10.1. The van der Waals surface area contributed by atoms with Gasteiger partial charge in [0.25, 0.3) is 5.91 Å². The summed E-state index contributed by atoms with van der Waals surface area (Å²) >= 11 is 0. The molecular weight excluding hydrogens is 210 g/mol. The zero-order valence-corrected chi connectivity index (χ0v) is 8.84. The Labute approximate surface area is 92.7 Å². The van der Waals surface area contributed by atoms with Crippen LogP contribution in [0.25, 0.3) is 0 Å². The Bertz CT molecular complexity index is 420. The van der Waals surface area contributed by atoms with Crippen LogP contribution in [0, 0.1) is 0 Å². The highest BCUT2D eigenvalue weighted by Gasteiger charge is 2.21. The lowest BCUT2D eigenvalue weighted by Gasteiger charge is -2.16. The summed E-state index contributed by atoms with van der Waals surface area (Å²) in [5.41, 5.74) is 6.41. The summed E-state index contributed by atoms with van der Waals surface area (Å²) in [6.07, 6.45) is 0. The minimum Gasteiger partial charge on any atom is -0.454 e. The Morgan fingerprint density at radius 3 is 2.81 bits per heavy atom. The van der Waals surface area contributed by atoms with Gasteiger partial charge in [0.05, 0.1) is 0 Å². The number of hydrogen-bond donors (Lipinski definition) is 2. The molecule has 0 aliphatic carbocycles. The van der Waals surface area contributed by atoms with E-state index in [-0.39, 0.29) is 12.7 Å². The van der Waals surface area contributed by atoms with Crippen LogP contribution in [0.1, 0.15) is 11.6 Å². The molecule has 1 unspecified atom stereocenters. The third-order valence-electron chi connectivity index (χ3n) is 2.37. The smallest absolute Gasteiger partial charge is 0.257 e. The molecular formula is C10H13N3O3. The zero-order chi connectivity index (χ0) is 11.7. The molecule has 0 fully saturated rings. The molecule has 0 saturated carbocycles. The van der Waals surface area contributed by atoms with E-state index >= 15 is 0 Å². The fraction of sp³-hybridized carbons (Fsp3) is 0.300. The van der Waals surface area contributed by atoms with Gasteiger partial charge in [0.1, 0.15) is 6.04 Å². The van der Waals surface area contributed by atoms with Gasteiger partial charge in [0.2, 0.25) is 6.79 Å². The molecule has 0 bridgehead atoms. The van der Waals surface area contributed by atoms with Gasteiger partial charge in [-0.2, -0.15) is 0 Å². The third-order valence-corrected chi connectivity index (χ3v) is 2.37. The van der Waals surface area contributed by atoms with E-state index in [2.05, 4.69) is 0 Å². The van der Waals surface area contributed by atoms with Gasteiger partial charge in [-0.05, 0) is 17.7 Å². The van der Waals surface area contributed by atoms with Gasteiger partial charge < -0.3 is 15.2 Å². The fourth-order valence-electron chi connectivity index (χ4n) is 1.47. The molecule has 1 atom stereocenters.